The summed E-state index contributed by atoms with van der Waals surface area (Å²) in [6.45, 7) is 0. The third kappa shape index (κ3) is 5.31. The molecule has 2 N–H and O–H groups in total. The lowest BCUT2D eigenvalue weighted by molar-refractivity contribution is -0.117. The van der Waals surface area contributed by atoms with Crippen LogP contribution in [0.15, 0.2) is 83.8 Å². The van der Waals surface area contributed by atoms with Crippen molar-refractivity contribution in [3.8, 4) is 16.9 Å². The zero-order chi connectivity index (χ0) is 24.5. The van der Waals surface area contributed by atoms with E-state index >= 15 is 0 Å². The summed E-state index contributed by atoms with van der Waals surface area (Å²) in [6, 6.07) is 22.1. The van der Waals surface area contributed by atoms with Gasteiger partial charge in [-0.3, -0.25) is 4.79 Å². The number of likely N-dealkylation sites (N-methyl/N-ethyl adjacent to an activating group) is 1. The van der Waals surface area contributed by atoms with Crippen molar-refractivity contribution in [1.82, 2.24) is 9.78 Å². The number of hydrogen-bond donors (Lipinski definition) is 1. The van der Waals surface area contributed by atoms with Gasteiger partial charge in [0, 0.05) is 28.3 Å². The molecule has 0 radical (unpaired) electrons. The van der Waals surface area contributed by atoms with Crippen LogP contribution in [0.3, 0.4) is 0 Å². The van der Waals surface area contributed by atoms with Crippen molar-refractivity contribution in [2.24, 2.45) is 5.14 Å². The number of nitrogens with zero attached hydrogens (tertiary/aromatic N) is 3. The van der Waals surface area contributed by atoms with Gasteiger partial charge in [-0.25, -0.2) is 18.2 Å². The molecule has 0 saturated heterocycles. The van der Waals surface area contributed by atoms with Gasteiger partial charge < -0.3 is 4.90 Å². The molecule has 0 aliphatic rings. The van der Waals surface area contributed by atoms with Crippen LogP contribution >= 0.6 is 23.2 Å². The fraction of sp³-hybridized carbons (Fsp3) is 0.0833. The van der Waals surface area contributed by atoms with Crippen molar-refractivity contribution >= 4 is 44.8 Å². The second kappa shape index (κ2) is 9.60. The van der Waals surface area contributed by atoms with Gasteiger partial charge >= 0.3 is 0 Å². The van der Waals surface area contributed by atoms with Gasteiger partial charge in [0.15, 0.2) is 0 Å². The van der Waals surface area contributed by atoms with Crippen molar-refractivity contribution in [2.45, 2.75) is 11.3 Å². The van der Waals surface area contributed by atoms with Crippen LogP contribution in [0, 0.1) is 0 Å². The van der Waals surface area contributed by atoms with Crippen LogP contribution in [0.4, 0.5) is 5.69 Å². The maximum absolute atomic E-state index is 13.0. The average molecular weight is 515 g/mol. The van der Waals surface area contributed by atoms with Crippen LogP contribution in [0.5, 0.6) is 0 Å². The highest BCUT2D eigenvalue weighted by atomic mass is 35.5. The van der Waals surface area contributed by atoms with Gasteiger partial charge in [-0.05, 0) is 60.7 Å². The molecule has 0 atom stereocenters. The lowest BCUT2D eigenvalue weighted by atomic mass is 10.1. The van der Waals surface area contributed by atoms with Crippen LogP contribution in [-0.2, 0) is 21.2 Å². The number of primary sulfonamides is 1. The highest BCUT2D eigenvalue weighted by molar-refractivity contribution is 7.89. The first-order valence-electron chi connectivity index (χ1n) is 10.1. The normalized spacial score (nSPS) is 11.4. The van der Waals surface area contributed by atoms with E-state index in [2.05, 4.69) is 5.10 Å². The zero-order valence-corrected chi connectivity index (χ0v) is 20.3. The summed E-state index contributed by atoms with van der Waals surface area (Å²) in [4.78, 5) is 14.5. The molecule has 3 aromatic carbocycles. The molecule has 0 bridgehead atoms. The second-order valence-corrected chi connectivity index (χ2v) is 10.0. The molecule has 34 heavy (non-hydrogen) atoms. The minimum absolute atomic E-state index is 0.00463. The highest BCUT2D eigenvalue weighted by Gasteiger charge is 2.18. The molecular formula is C24H20Cl2N4O3S. The van der Waals surface area contributed by atoms with Crippen LogP contribution in [0.2, 0.25) is 10.0 Å². The van der Waals surface area contributed by atoms with E-state index in [1.807, 2.05) is 18.2 Å². The largest absolute Gasteiger partial charge is 0.315 e. The van der Waals surface area contributed by atoms with Crippen molar-refractivity contribution in [2.75, 3.05) is 11.9 Å². The number of carbonyl (C=O) groups excluding carboxylic acids is 1. The van der Waals surface area contributed by atoms with Crippen LogP contribution in [0.25, 0.3) is 16.9 Å². The predicted molar refractivity (Wildman–Crippen MR) is 134 cm³/mol. The lowest BCUT2D eigenvalue weighted by Gasteiger charge is -2.17. The Hall–Kier alpha value is -3.17. The molecule has 174 valence electrons. The zero-order valence-electron chi connectivity index (χ0n) is 18.0. The number of sulfonamides is 1. The standard InChI is InChI=1S/C24H20Cl2N4O3S/c1-29(21-4-2-3-18(26)13-21)24(31)15-19-14-23(16-5-7-17(25)8-6-16)30(28-19)20-9-11-22(12-10-20)34(27,32)33/h2-14H,15H2,1H3,(H2,27,32,33). The van der Waals surface area contributed by atoms with Crippen molar-refractivity contribution in [3.05, 3.63) is 94.6 Å². The third-order valence-corrected chi connectivity index (χ3v) is 6.63. The third-order valence-electron chi connectivity index (χ3n) is 5.21. The van der Waals surface area contributed by atoms with Gasteiger partial charge in [0.25, 0.3) is 0 Å². The highest BCUT2D eigenvalue weighted by Crippen LogP contribution is 2.27. The van der Waals surface area contributed by atoms with E-state index in [1.54, 1.807) is 60.3 Å². The Labute approximate surface area is 207 Å². The van der Waals surface area contributed by atoms with Crippen molar-refractivity contribution in [3.63, 3.8) is 0 Å². The monoisotopic (exact) mass is 514 g/mol. The number of nitrogens with two attached hydrogens (primary N) is 1. The van der Waals surface area contributed by atoms with Crippen LogP contribution in [0.1, 0.15) is 5.69 Å². The van der Waals surface area contributed by atoms with Gasteiger partial charge in [-0.2, -0.15) is 5.10 Å². The predicted octanol–water partition coefficient (Wildman–Crippen LogP) is 4.70. The minimum Gasteiger partial charge on any atom is -0.315 e. The van der Waals surface area contributed by atoms with E-state index in [4.69, 9.17) is 28.3 Å². The fourth-order valence-electron chi connectivity index (χ4n) is 3.42. The quantitative estimate of drug-likeness (QED) is 0.403. The van der Waals surface area contributed by atoms with Gasteiger partial charge in [-0.15, -0.1) is 0 Å². The lowest BCUT2D eigenvalue weighted by Crippen LogP contribution is -2.28. The summed E-state index contributed by atoms with van der Waals surface area (Å²) in [5.41, 5.74) is 3.37. The van der Waals surface area contributed by atoms with E-state index < -0.39 is 10.0 Å². The summed E-state index contributed by atoms with van der Waals surface area (Å²) < 4.78 is 24.9. The molecule has 0 aliphatic carbocycles. The number of rotatable bonds is 6. The number of anilines is 1. The Morgan fingerprint density at radius 3 is 2.26 bits per heavy atom. The second-order valence-electron chi connectivity index (χ2n) is 7.59. The van der Waals surface area contributed by atoms with E-state index in [0.29, 0.717) is 32.8 Å². The van der Waals surface area contributed by atoms with Crippen LogP contribution < -0.4 is 10.0 Å². The summed E-state index contributed by atoms with van der Waals surface area (Å²) in [7, 11) is -2.14. The molecule has 1 amide bonds. The first-order valence-corrected chi connectivity index (χ1v) is 12.4. The molecule has 4 aromatic rings. The number of aromatic nitrogens is 2. The maximum atomic E-state index is 13.0. The Kier molecular flexibility index (Phi) is 6.77. The molecule has 1 heterocycles. The van der Waals surface area contributed by atoms with Gasteiger partial charge in [0.05, 0.1) is 28.4 Å². The topological polar surface area (TPSA) is 98.3 Å². The van der Waals surface area contributed by atoms with Gasteiger partial charge in [0.2, 0.25) is 15.9 Å². The summed E-state index contributed by atoms with van der Waals surface area (Å²) >= 11 is 12.1. The molecule has 0 spiro atoms. The van der Waals surface area contributed by atoms with Crippen molar-refractivity contribution < 1.29 is 13.2 Å². The minimum atomic E-state index is -3.82. The van der Waals surface area contributed by atoms with E-state index in [1.165, 1.54) is 17.0 Å². The van der Waals surface area contributed by atoms with E-state index in [9.17, 15) is 13.2 Å². The van der Waals surface area contributed by atoms with E-state index in [0.717, 1.165) is 5.56 Å². The number of carbonyl (C=O) groups is 1. The average Bonchev–Trinajstić information content (AvgIpc) is 3.22. The van der Waals surface area contributed by atoms with Crippen molar-refractivity contribution in [1.29, 1.82) is 0 Å². The molecule has 4 rings (SSSR count). The molecular weight excluding hydrogens is 495 g/mol. The maximum Gasteiger partial charge on any atom is 0.238 e. The molecule has 1 aromatic heterocycles. The number of hydrogen-bond acceptors (Lipinski definition) is 4. The Bertz CT molecular complexity index is 1450. The molecule has 10 heteroatoms. The number of halogens is 2. The summed E-state index contributed by atoms with van der Waals surface area (Å²) in [6.07, 6.45) is 0.0475. The van der Waals surface area contributed by atoms with E-state index in [-0.39, 0.29) is 17.2 Å². The Balaban J connectivity index is 1.70. The fourth-order valence-corrected chi connectivity index (χ4v) is 4.24. The molecule has 0 saturated carbocycles. The summed E-state index contributed by atoms with van der Waals surface area (Å²) in [5, 5.41) is 11.0. The van der Waals surface area contributed by atoms with Gasteiger partial charge in [-0.1, -0.05) is 41.4 Å². The molecule has 0 fully saturated rings. The first kappa shape index (κ1) is 24.0. The van der Waals surface area contributed by atoms with Gasteiger partial charge in [0.1, 0.15) is 0 Å². The Morgan fingerprint density at radius 1 is 0.971 bits per heavy atom. The first-order chi connectivity index (χ1) is 16.1. The SMILES string of the molecule is CN(C(=O)Cc1cc(-c2ccc(Cl)cc2)n(-c2ccc(S(N)(=O)=O)cc2)n1)c1cccc(Cl)c1. The Morgan fingerprint density at radius 2 is 1.65 bits per heavy atom. The van der Waals surface area contributed by atoms with Crippen LogP contribution in [-0.4, -0.2) is 31.2 Å². The molecule has 0 aliphatic heterocycles. The number of amides is 1. The number of benzene rings is 3. The smallest absolute Gasteiger partial charge is 0.238 e. The molecule has 7 nitrogen and oxygen atoms in total. The summed E-state index contributed by atoms with van der Waals surface area (Å²) in [5.74, 6) is -0.167. The molecule has 0 unspecified atom stereocenters.